The zero-order valence-electron chi connectivity index (χ0n) is 2.88. The van der Waals surface area contributed by atoms with Crippen molar-refractivity contribution in [1.29, 1.82) is 0 Å². The maximum atomic E-state index is 2.89. The zero-order chi connectivity index (χ0) is 4.12. The van der Waals surface area contributed by atoms with Gasteiger partial charge in [-0.15, -0.1) is 0 Å². The predicted octanol–water partition coefficient (Wildman–Crippen LogP) is 0.867. The minimum atomic E-state index is 1.76. The maximum absolute atomic E-state index is 2.89. The van der Waals surface area contributed by atoms with Crippen LogP contribution in [0, 0.1) is 12.0 Å². The molecule has 0 aromatic heterocycles. The highest BCUT2D eigenvalue weighted by Gasteiger charge is 1.44. The quantitative estimate of drug-likeness (QED) is 0.294. The molecule has 0 atom stereocenters. The molecule has 0 aliphatic rings. The van der Waals surface area contributed by atoms with Crippen molar-refractivity contribution < 1.29 is 0 Å². The number of rotatable bonds is 0. The molecule has 0 radical (unpaired) electrons. The van der Waals surface area contributed by atoms with E-state index < -0.39 is 0 Å². The van der Waals surface area contributed by atoms with Gasteiger partial charge in [-0.25, -0.2) is 0 Å². The van der Waals surface area contributed by atoms with Crippen LogP contribution in [0.1, 0.15) is 6.92 Å². The summed E-state index contributed by atoms with van der Waals surface area (Å²) < 4.78 is 2.47. The molecule has 0 saturated carbocycles. The van der Waals surface area contributed by atoms with Crippen LogP contribution in [0.4, 0.5) is 0 Å². The van der Waals surface area contributed by atoms with Crippen molar-refractivity contribution in [2.45, 2.75) is 6.92 Å². The van der Waals surface area contributed by atoms with Gasteiger partial charge in [0.1, 0.15) is 0 Å². The highest BCUT2D eigenvalue weighted by molar-refractivity contribution is 9.08. The molecule has 5 heavy (non-hydrogen) atoms. The Hall–Kier alpha value is -0.160. The molecule has 2 heteroatoms. The lowest BCUT2D eigenvalue weighted by atomic mass is 10.8. The summed E-state index contributed by atoms with van der Waals surface area (Å²) in [6.07, 6.45) is 0. The third-order valence-electron chi connectivity index (χ3n) is 0.172. The van der Waals surface area contributed by atoms with Crippen molar-refractivity contribution in [3.05, 3.63) is 0 Å². The first-order valence-corrected chi connectivity index (χ1v) is 1.98. The molecule has 0 unspecified atom stereocenters. The molecule has 0 amide bonds. The van der Waals surface area contributed by atoms with E-state index >= 15 is 0 Å². The van der Waals surface area contributed by atoms with Crippen LogP contribution in [-0.2, 0) is 0 Å². The second kappa shape index (κ2) is 3.84. The van der Waals surface area contributed by atoms with E-state index in [0.717, 1.165) is 0 Å². The Kier molecular flexibility index (Phi) is 3.72. The number of hydrogen-bond donors (Lipinski definition) is 1. The minimum Gasteiger partial charge on any atom is -0.281 e. The van der Waals surface area contributed by atoms with Crippen molar-refractivity contribution in [2.75, 3.05) is 0 Å². The molecule has 0 fully saturated rings. The summed E-state index contributed by atoms with van der Waals surface area (Å²) in [6, 6.07) is 2.53. The van der Waals surface area contributed by atoms with Gasteiger partial charge in [0.05, 0.1) is 16.1 Å². The first-order chi connectivity index (χ1) is 2.41. The topological polar surface area (TPSA) is 12.0 Å². The van der Waals surface area contributed by atoms with Gasteiger partial charge in [0, 0.05) is 6.04 Å². The van der Waals surface area contributed by atoms with Crippen LogP contribution < -0.4 is 4.34 Å². The van der Waals surface area contributed by atoms with Crippen LogP contribution in [0.25, 0.3) is 0 Å². The van der Waals surface area contributed by atoms with Crippen LogP contribution in [0.3, 0.4) is 0 Å². The SMILES string of the molecule is CC#CNBr. The Labute approximate surface area is 40.1 Å². The first-order valence-electron chi connectivity index (χ1n) is 1.19. The third-order valence-corrected chi connectivity index (χ3v) is 0.370. The lowest BCUT2D eigenvalue weighted by Gasteiger charge is -1.64. The van der Waals surface area contributed by atoms with Gasteiger partial charge in [-0.3, -0.25) is 4.34 Å². The fourth-order valence-electron chi connectivity index (χ4n) is 0.0472. The van der Waals surface area contributed by atoms with Gasteiger partial charge in [-0.1, -0.05) is 5.92 Å². The van der Waals surface area contributed by atoms with Crippen molar-refractivity contribution in [2.24, 2.45) is 0 Å². The normalized spacial score (nSPS) is 4.40. The van der Waals surface area contributed by atoms with Crippen molar-refractivity contribution in [1.82, 2.24) is 4.34 Å². The summed E-state index contributed by atoms with van der Waals surface area (Å²) >= 11 is 2.89. The predicted molar refractivity (Wildman–Crippen MR) is 25.5 cm³/mol. The highest BCUT2D eigenvalue weighted by Crippen LogP contribution is 1.56. The van der Waals surface area contributed by atoms with Gasteiger partial charge in [-0.05, 0) is 6.92 Å². The lowest BCUT2D eigenvalue weighted by Crippen LogP contribution is -1.76. The van der Waals surface area contributed by atoms with Crippen molar-refractivity contribution >= 4 is 16.1 Å². The molecule has 0 heterocycles. The average Bonchev–Trinajstić information content (AvgIpc) is 1.41. The molecule has 28 valence electrons. The molecule has 0 saturated heterocycles. The van der Waals surface area contributed by atoms with Crippen LogP contribution in [0.5, 0.6) is 0 Å². The fourth-order valence-corrected chi connectivity index (χ4v) is 0.245. The molecule has 1 nitrogen and oxygen atoms in total. The molecule has 0 aromatic carbocycles. The number of halogens is 1. The van der Waals surface area contributed by atoms with E-state index in [1.54, 1.807) is 6.92 Å². The smallest absolute Gasteiger partial charge is 0.0550 e. The maximum Gasteiger partial charge on any atom is 0.0550 e. The van der Waals surface area contributed by atoms with Gasteiger partial charge >= 0.3 is 0 Å². The molecule has 0 spiro atoms. The summed E-state index contributed by atoms with van der Waals surface area (Å²) in [5, 5.41) is 0. The Morgan fingerprint density at radius 1 is 1.80 bits per heavy atom. The minimum absolute atomic E-state index is 1.76. The standard InChI is InChI=1S/C3H4BrN/c1-2-3-5-4/h5H,1H3. The first kappa shape index (κ1) is 4.84. The molecule has 0 aliphatic carbocycles. The Morgan fingerprint density at radius 3 is 2.40 bits per heavy atom. The van der Waals surface area contributed by atoms with Crippen molar-refractivity contribution in [3.63, 3.8) is 0 Å². The average molecular weight is 134 g/mol. The number of hydrogen-bond acceptors (Lipinski definition) is 1. The second-order valence-electron chi connectivity index (χ2n) is 0.469. The summed E-state index contributed by atoms with van der Waals surface area (Å²) in [5.41, 5.74) is 0. The lowest BCUT2D eigenvalue weighted by molar-refractivity contribution is 1.56. The second-order valence-corrected chi connectivity index (χ2v) is 0.866. The van der Waals surface area contributed by atoms with E-state index in [9.17, 15) is 0 Å². The van der Waals surface area contributed by atoms with E-state index in [4.69, 9.17) is 0 Å². The monoisotopic (exact) mass is 133 g/mol. The van der Waals surface area contributed by atoms with E-state index in [2.05, 4.69) is 32.5 Å². The third kappa shape index (κ3) is 3.84. The number of nitrogens with one attached hydrogen (secondary N) is 1. The van der Waals surface area contributed by atoms with Crippen LogP contribution in [0.2, 0.25) is 0 Å². The van der Waals surface area contributed by atoms with Crippen molar-refractivity contribution in [3.8, 4) is 12.0 Å². The summed E-state index contributed by atoms with van der Waals surface area (Å²) in [7, 11) is 0. The molecule has 0 rings (SSSR count). The van der Waals surface area contributed by atoms with Gasteiger partial charge in [0.2, 0.25) is 0 Å². The fraction of sp³-hybridized carbons (Fsp3) is 0.333. The Balaban J connectivity index is 2.81. The van der Waals surface area contributed by atoms with Crippen LogP contribution >= 0.6 is 16.1 Å². The molecule has 1 N–H and O–H groups in total. The molecule has 0 bridgehead atoms. The summed E-state index contributed by atoms with van der Waals surface area (Å²) in [6.45, 7) is 1.76. The Morgan fingerprint density at radius 2 is 2.40 bits per heavy atom. The van der Waals surface area contributed by atoms with Gasteiger partial charge in [0.25, 0.3) is 0 Å². The highest BCUT2D eigenvalue weighted by atomic mass is 79.9. The van der Waals surface area contributed by atoms with E-state index in [1.165, 1.54) is 0 Å². The largest absolute Gasteiger partial charge is 0.281 e. The molecule has 0 aliphatic heterocycles. The van der Waals surface area contributed by atoms with E-state index in [1.807, 2.05) is 0 Å². The van der Waals surface area contributed by atoms with Crippen LogP contribution in [-0.4, -0.2) is 0 Å². The molecular formula is C3H4BrN. The molecule has 0 aromatic rings. The van der Waals surface area contributed by atoms with E-state index in [-0.39, 0.29) is 0 Å². The summed E-state index contributed by atoms with van der Waals surface area (Å²) in [4.78, 5) is 0. The zero-order valence-corrected chi connectivity index (χ0v) is 4.46. The Bertz CT molecular complexity index is 59.0. The van der Waals surface area contributed by atoms with Gasteiger partial charge in [0.15, 0.2) is 0 Å². The molecular weight excluding hydrogens is 130 g/mol. The van der Waals surface area contributed by atoms with Crippen LogP contribution in [0.15, 0.2) is 0 Å². The van der Waals surface area contributed by atoms with E-state index in [0.29, 0.717) is 0 Å². The van der Waals surface area contributed by atoms with Gasteiger partial charge in [-0.2, -0.15) is 0 Å². The van der Waals surface area contributed by atoms with Gasteiger partial charge < -0.3 is 0 Å². The summed E-state index contributed by atoms with van der Waals surface area (Å²) in [5.74, 6) is 2.61.